The van der Waals surface area contributed by atoms with Crippen LogP contribution >= 0.6 is 0 Å². The van der Waals surface area contributed by atoms with Gasteiger partial charge < -0.3 is 9.57 Å². The summed E-state index contributed by atoms with van der Waals surface area (Å²) in [5, 5.41) is 0. The summed E-state index contributed by atoms with van der Waals surface area (Å²) < 4.78 is 4.74. The van der Waals surface area contributed by atoms with Crippen LogP contribution in [-0.2, 0) is 9.63 Å². The average Bonchev–Trinajstić information content (AvgIpc) is 2.16. The Hall–Kier alpha value is -2.04. The summed E-state index contributed by atoms with van der Waals surface area (Å²) in [4.78, 5) is 25.4. The molecule has 74 valence electrons. The van der Waals surface area contributed by atoms with E-state index in [9.17, 15) is 9.59 Å². The monoisotopic (exact) mass is 195 g/mol. The highest BCUT2D eigenvalue weighted by Gasteiger charge is 2.04. The fraction of sp³-hybridized carbons (Fsp3) is 0.111. The van der Waals surface area contributed by atoms with E-state index in [4.69, 9.17) is 4.74 Å². The minimum Gasteiger partial charge on any atom is -0.408 e. The van der Waals surface area contributed by atoms with Gasteiger partial charge in [0.05, 0.1) is 0 Å². The number of hydroxylamine groups is 1. The first-order chi connectivity index (χ1) is 6.68. The number of nitrogens with one attached hydrogen (secondary N) is 1. The quantitative estimate of drug-likeness (QED) is 0.685. The van der Waals surface area contributed by atoms with Crippen LogP contribution in [0.25, 0.3) is 0 Å². The van der Waals surface area contributed by atoms with Crippen molar-refractivity contribution in [2.24, 2.45) is 0 Å². The van der Waals surface area contributed by atoms with Gasteiger partial charge >= 0.3 is 12.1 Å². The molecule has 14 heavy (non-hydrogen) atoms. The van der Waals surface area contributed by atoms with E-state index in [1.54, 1.807) is 30.3 Å². The molecule has 0 aliphatic rings. The van der Waals surface area contributed by atoms with Crippen molar-refractivity contribution < 1.29 is 19.2 Å². The normalized spacial score (nSPS) is 8.93. The lowest BCUT2D eigenvalue weighted by Crippen LogP contribution is -2.28. The molecular weight excluding hydrogens is 186 g/mol. The van der Waals surface area contributed by atoms with Crippen molar-refractivity contribution >= 4 is 12.1 Å². The second kappa shape index (κ2) is 4.86. The van der Waals surface area contributed by atoms with Crippen LogP contribution in [0.2, 0.25) is 0 Å². The van der Waals surface area contributed by atoms with Gasteiger partial charge in [0.15, 0.2) is 0 Å². The molecule has 0 bridgehead atoms. The molecule has 5 nitrogen and oxygen atoms in total. The summed E-state index contributed by atoms with van der Waals surface area (Å²) in [6.45, 7) is 1.17. The molecule has 1 aromatic rings. The summed E-state index contributed by atoms with van der Waals surface area (Å²) in [7, 11) is 0. The van der Waals surface area contributed by atoms with Crippen molar-refractivity contribution in [2.45, 2.75) is 6.92 Å². The van der Waals surface area contributed by atoms with Crippen LogP contribution in [-0.4, -0.2) is 12.1 Å². The number of ether oxygens (including phenoxy) is 1. The fourth-order valence-corrected chi connectivity index (χ4v) is 0.730. The molecule has 5 heteroatoms. The number of hydrogen-bond donors (Lipinski definition) is 1. The van der Waals surface area contributed by atoms with E-state index in [0.717, 1.165) is 0 Å². The second-order valence-corrected chi connectivity index (χ2v) is 2.40. The van der Waals surface area contributed by atoms with Crippen LogP contribution < -0.4 is 10.2 Å². The summed E-state index contributed by atoms with van der Waals surface area (Å²) >= 11 is 0. The van der Waals surface area contributed by atoms with Crippen molar-refractivity contribution in [3.8, 4) is 5.75 Å². The maximum atomic E-state index is 10.9. The predicted octanol–water partition coefficient (Wildman–Crippen LogP) is 1.25. The lowest BCUT2D eigenvalue weighted by atomic mass is 10.3. The molecule has 0 unspecified atom stereocenters. The van der Waals surface area contributed by atoms with Crippen LogP contribution in [0.1, 0.15) is 6.92 Å². The second-order valence-electron chi connectivity index (χ2n) is 2.40. The Morgan fingerprint density at radius 2 is 1.86 bits per heavy atom. The van der Waals surface area contributed by atoms with Crippen molar-refractivity contribution in [1.82, 2.24) is 5.48 Å². The third kappa shape index (κ3) is 3.57. The number of carbonyl (C=O) groups excluding carboxylic acids is 2. The Morgan fingerprint density at radius 1 is 1.21 bits per heavy atom. The van der Waals surface area contributed by atoms with Gasteiger partial charge in [0.1, 0.15) is 5.75 Å². The summed E-state index contributed by atoms with van der Waals surface area (Å²) in [5.74, 6) is -0.243. The Morgan fingerprint density at radius 3 is 2.43 bits per heavy atom. The zero-order valence-corrected chi connectivity index (χ0v) is 7.52. The van der Waals surface area contributed by atoms with E-state index < -0.39 is 12.1 Å². The summed E-state index contributed by atoms with van der Waals surface area (Å²) in [6.07, 6.45) is -0.841. The molecule has 0 radical (unpaired) electrons. The van der Waals surface area contributed by atoms with Crippen molar-refractivity contribution in [3.63, 3.8) is 0 Å². The number of hydrogen-bond acceptors (Lipinski definition) is 4. The third-order valence-corrected chi connectivity index (χ3v) is 1.23. The van der Waals surface area contributed by atoms with E-state index in [-0.39, 0.29) is 0 Å². The Kier molecular flexibility index (Phi) is 3.49. The van der Waals surface area contributed by atoms with Gasteiger partial charge in [-0.05, 0) is 12.1 Å². The van der Waals surface area contributed by atoms with Crippen LogP contribution in [0.3, 0.4) is 0 Å². The van der Waals surface area contributed by atoms with Crippen molar-refractivity contribution in [3.05, 3.63) is 30.3 Å². The van der Waals surface area contributed by atoms with Crippen LogP contribution in [0.5, 0.6) is 5.75 Å². The number of carbonyl (C=O) groups is 2. The molecule has 1 amide bonds. The van der Waals surface area contributed by atoms with Crippen LogP contribution in [0.15, 0.2) is 30.3 Å². The SMILES string of the molecule is CC(=O)ONC(=O)Oc1ccccc1. The first kappa shape index (κ1) is 10.0. The average molecular weight is 195 g/mol. The molecule has 1 aromatic carbocycles. The van der Waals surface area contributed by atoms with Crippen molar-refractivity contribution in [2.75, 3.05) is 0 Å². The Bertz CT molecular complexity index is 323. The van der Waals surface area contributed by atoms with Gasteiger partial charge in [-0.2, -0.15) is 0 Å². The molecule has 0 spiro atoms. The third-order valence-electron chi connectivity index (χ3n) is 1.23. The summed E-state index contributed by atoms with van der Waals surface area (Å²) in [5.41, 5.74) is 1.82. The summed E-state index contributed by atoms with van der Waals surface area (Å²) in [6, 6.07) is 8.43. The fourth-order valence-electron chi connectivity index (χ4n) is 0.730. The zero-order chi connectivity index (χ0) is 10.4. The van der Waals surface area contributed by atoms with Gasteiger partial charge in [-0.25, -0.2) is 4.79 Å². The van der Waals surface area contributed by atoms with E-state index in [1.165, 1.54) is 6.92 Å². The molecule has 0 aliphatic carbocycles. The predicted molar refractivity (Wildman–Crippen MR) is 47.4 cm³/mol. The van der Waals surface area contributed by atoms with Crippen molar-refractivity contribution in [1.29, 1.82) is 0 Å². The van der Waals surface area contributed by atoms with Gasteiger partial charge in [0.25, 0.3) is 0 Å². The minimum atomic E-state index is -0.841. The first-order valence-electron chi connectivity index (χ1n) is 3.89. The number of rotatable bonds is 1. The highest BCUT2D eigenvalue weighted by atomic mass is 16.7. The highest BCUT2D eigenvalue weighted by Crippen LogP contribution is 2.07. The molecule has 1 N–H and O–H groups in total. The smallest absolute Gasteiger partial charge is 0.408 e. The Balaban J connectivity index is 2.38. The Labute approximate surface area is 80.6 Å². The molecule has 0 aliphatic heterocycles. The maximum absolute atomic E-state index is 10.9. The highest BCUT2D eigenvalue weighted by molar-refractivity contribution is 5.72. The molecule has 0 saturated heterocycles. The molecular formula is C9H9NO4. The molecule has 0 aromatic heterocycles. The van der Waals surface area contributed by atoms with Gasteiger partial charge in [-0.3, -0.25) is 4.79 Å². The lowest BCUT2D eigenvalue weighted by molar-refractivity contribution is -0.146. The zero-order valence-electron chi connectivity index (χ0n) is 7.52. The molecule has 0 fully saturated rings. The van der Waals surface area contributed by atoms with Gasteiger partial charge in [-0.15, -0.1) is 5.48 Å². The van der Waals surface area contributed by atoms with E-state index >= 15 is 0 Å². The molecule has 0 atom stereocenters. The molecule has 0 heterocycles. The van der Waals surface area contributed by atoms with E-state index in [2.05, 4.69) is 4.84 Å². The van der Waals surface area contributed by atoms with Crippen LogP contribution in [0.4, 0.5) is 4.79 Å². The van der Waals surface area contributed by atoms with Gasteiger partial charge in [-0.1, -0.05) is 18.2 Å². The first-order valence-corrected chi connectivity index (χ1v) is 3.89. The minimum absolute atomic E-state index is 0.372. The number of amides is 1. The lowest BCUT2D eigenvalue weighted by Gasteiger charge is -2.04. The molecule has 0 saturated carbocycles. The van der Waals surface area contributed by atoms with Gasteiger partial charge in [0, 0.05) is 6.92 Å². The largest absolute Gasteiger partial charge is 0.446 e. The number of para-hydroxylation sites is 1. The topological polar surface area (TPSA) is 64.6 Å². The van der Waals surface area contributed by atoms with E-state index in [0.29, 0.717) is 5.75 Å². The molecule has 1 rings (SSSR count). The maximum Gasteiger partial charge on any atom is 0.446 e. The van der Waals surface area contributed by atoms with Crippen LogP contribution in [0, 0.1) is 0 Å². The van der Waals surface area contributed by atoms with Gasteiger partial charge in [0.2, 0.25) is 0 Å². The number of benzene rings is 1. The van der Waals surface area contributed by atoms with E-state index in [1.807, 2.05) is 5.48 Å². The standard InChI is InChI=1S/C9H9NO4/c1-7(11)14-10-9(12)13-8-5-3-2-4-6-8/h2-6H,1H3,(H,10,12).